The third-order valence-electron chi connectivity index (χ3n) is 3.75. The van der Waals surface area contributed by atoms with Crippen molar-refractivity contribution in [2.75, 3.05) is 12.4 Å². The molecule has 6 nitrogen and oxygen atoms in total. The van der Waals surface area contributed by atoms with Gasteiger partial charge in [-0.25, -0.2) is 5.43 Å². The molecule has 26 heavy (non-hydrogen) atoms. The van der Waals surface area contributed by atoms with Crippen molar-refractivity contribution in [1.29, 1.82) is 0 Å². The van der Waals surface area contributed by atoms with Crippen molar-refractivity contribution in [3.63, 3.8) is 0 Å². The minimum Gasteiger partial charge on any atom is -0.496 e. The molecule has 0 bridgehead atoms. The van der Waals surface area contributed by atoms with Gasteiger partial charge in [-0.2, -0.15) is 5.10 Å². The van der Waals surface area contributed by atoms with Crippen molar-refractivity contribution in [2.45, 2.75) is 26.7 Å². The minimum atomic E-state index is -0.320. The van der Waals surface area contributed by atoms with Crippen LogP contribution in [0.15, 0.2) is 47.6 Å². The van der Waals surface area contributed by atoms with Crippen molar-refractivity contribution in [1.82, 2.24) is 5.43 Å². The molecule has 0 spiro atoms. The van der Waals surface area contributed by atoms with Gasteiger partial charge in [0, 0.05) is 18.5 Å². The first kappa shape index (κ1) is 19.2. The summed E-state index contributed by atoms with van der Waals surface area (Å²) in [7, 11) is 1.60. The van der Waals surface area contributed by atoms with Crippen LogP contribution in [-0.2, 0) is 9.59 Å². The van der Waals surface area contributed by atoms with Gasteiger partial charge in [0.25, 0.3) is 0 Å². The van der Waals surface area contributed by atoms with Crippen molar-refractivity contribution < 1.29 is 14.3 Å². The Labute approximate surface area is 153 Å². The van der Waals surface area contributed by atoms with E-state index in [1.807, 2.05) is 56.3 Å². The zero-order valence-electron chi connectivity index (χ0n) is 15.2. The third-order valence-corrected chi connectivity index (χ3v) is 3.75. The lowest BCUT2D eigenvalue weighted by Crippen LogP contribution is -2.20. The van der Waals surface area contributed by atoms with E-state index in [0.717, 1.165) is 22.4 Å². The zero-order valence-corrected chi connectivity index (χ0v) is 15.2. The fourth-order valence-corrected chi connectivity index (χ4v) is 2.24. The maximum absolute atomic E-state index is 11.9. The van der Waals surface area contributed by atoms with Crippen molar-refractivity contribution in [3.05, 3.63) is 59.2 Å². The summed E-state index contributed by atoms with van der Waals surface area (Å²) < 4.78 is 5.24. The van der Waals surface area contributed by atoms with Gasteiger partial charge in [0.2, 0.25) is 11.8 Å². The second-order valence-corrected chi connectivity index (χ2v) is 5.94. The van der Waals surface area contributed by atoms with Crippen LogP contribution in [0.25, 0.3) is 0 Å². The Balaban J connectivity index is 1.76. The number of aryl methyl sites for hydroxylation is 2. The van der Waals surface area contributed by atoms with Crippen LogP contribution < -0.4 is 15.5 Å². The molecule has 0 radical (unpaired) electrons. The van der Waals surface area contributed by atoms with Gasteiger partial charge in [0.1, 0.15) is 5.75 Å². The first-order valence-corrected chi connectivity index (χ1v) is 8.31. The summed E-state index contributed by atoms with van der Waals surface area (Å²) >= 11 is 0. The van der Waals surface area contributed by atoms with Crippen LogP contribution >= 0.6 is 0 Å². The Morgan fingerprint density at radius 1 is 1.04 bits per heavy atom. The number of nitrogens with zero attached hydrogens (tertiary/aromatic N) is 1. The van der Waals surface area contributed by atoms with Crippen LogP contribution in [0.5, 0.6) is 5.75 Å². The van der Waals surface area contributed by atoms with E-state index in [4.69, 9.17) is 4.74 Å². The molecule has 0 aliphatic rings. The lowest BCUT2D eigenvalue weighted by Gasteiger charge is -2.05. The molecule has 2 rings (SSSR count). The second kappa shape index (κ2) is 9.36. The maximum atomic E-state index is 11.9. The number of nitrogens with one attached hydrogen (secondary N) is 2. The standard InChI is InChI=1S/C20H23N3O3/c1-14-4-8-17(9-5-14)22-19(24)10-11-20(25)23-21-13-16-7-6-15(2)18(12-16)26-3/h4-9,12-13H,10-11H2,1-3H3,(H,22,24)(H,23,25). The van der Waals surface area contributed by atoms with Gasteiger partial charge < -0.3 is 10.1 Å². The van der Waals surface area contributed by atoms with Crippen molar-refractivity contribution in [2.24, 2.45) is 5.10 Å². The molecule has 2 aromatic carbocycles. The largest absolute Gasteiger partial charge is 0.496 e. The summed E-state index contributed by atoms with van der Waals surface area (Å²) in [5.74, 6) is 0.226. The first-order valence-electron chi connectivity index (χ1n) is 8.31. The molecular weight excluding hydrogens is 330 g/mol. The van der Waals surface area contributed by atoms with E-state index in [9.17, 15) is 9.59 Å². The number of hydrogen-bond acceptors (Lipinski definition) is 4. The first-order chi connectivity index (χ1) is 12.5. The number of carbonyl (C=O) groups excluding carboxylic acids is 2. The van der Waals surface area contributed by atoms with E-state index in [1.165, 1.54) is 6.21 Å². The van der Waals surface area contributed by atoms with Crippen molar-refractivity contribution >= 4 is 23.7 Å². The average molecular weight is 353 g/mol. The minimum absolute atomic E-state index is 0.0618. The number of hydrogen-bond donors (Lipinski definition) is 2. The van der Waals surface area contributed by atoms with Crippen LogP contribution in [-0.4, -0.2) is 25.1 Å². The molecule has 0 fully saturated rings. The number of amides is 2. The molecule has 136 valence electrons. The number of methoxy groups -OCH3 is 1. The molecule has 0 saturated heterocycles. The van der Waals surface area contributed by atoms with Gasteiger partial charge in [0.05, 0.1) is 13.3 Å². The Bertz CT molecular complexity index is 798. The summed E-state index contributed by atoms with van der Waals surface area (Å²) in [6.07, 6.45) is 1.69. The highest BCUT2D eigenvalue weighted by Crippen LogP contribution is 2.17. The van der Waals surface area contributed by atoms with E-state index in [0.29, 0.717) is 5.69 Å². The molecular formula is C20H23N3O3. The van der Waals surface area contributed by atoms with E-state index < -0.39 is 0 Å². The quantitative estimate of drug-likeness (QED) is 0.593. The molecule has 0 aliphatic carbocycles. The van der Waals surface area contributed by atoms with Gasteiger partial charge in [-0.15, -0.1) is 0 Å². The Morgan fingerprint density at radius 3 is 2.42 bits per heavy atom. The molecule has 0 heterocycles. The molecule has 6 heteroatoms. The molecule has 2 N–H and O–H groups in total. The predicted molar refractivity (Wildman–Crippen MR) is 103 cm³/mol. The van der Waals surface area contributed by atoms with Gasteiger partial charge >= 0.3 is 0 Å². The molecule has 2 aromatic rings. The highest BCUT2D eigenvalue weighted by atomic mass is 16.5. The van der Waals surface area contributed by atoms with Crippen LogP contribution in [0.4, 0.5) is 5.69 Å². The molecule has 0 aromatic heterocycles. The van der Waals surface area contributed by atoms with E-state index in [2.05, 4.69) is 15.8 Å². The van der Waals surface area contributed by atoms with Crippen LogP contribution in [0.2, 0.25) is 0 Å². The highest BCUT2D eigenvalue weighted by Gasteiger charge is 2.06. The summed E-state index contributed by atoms with van der Waals surface area (Å²) in [5, 5.41) is 6.66. The van der Waals surface area contributed by atoms with E-state index in [-0.39, 0.29) is 24.7 Å². The fourth-order valence-electron chi connectivity index (χ4n) is 2.24. The number of benzene rings is 2. The Hall–Kier alpha value is -3.15. The lowest BCUT2D eigenvalue weighted by atomic mass is 10.1. The van der Waals surface area contributed by atoms with Crippen molar-refractivity contribution in [3.8, 4) is 5.75 Å². The number of ether oxygens (including phenoxy) is 1. The van der Waals surface area contributed by atoms with E-state index >= 15 is 0 Å². The number of carbonyl (C=O) groups is 2. The molecule has 0 unspecified atom stereocenters. The average Bonchev–Trinajstić information content (AvgIpc) is 2.63. The normalized spacial score (nSPS) is 10.6. The SMILES string of the molecule is COc1cc(C=NNC(=O)CCC(=O)Nc2ccc(C)cc2)ccc1C. The maximum Gasteiger partial charge on any atom is 0.240 e. The monoisotopic (exact) mass is 353 g/mol. The zero-order chi connectivity index (χ0) is 18.9. The smallest absolute Gasteiger partial charge is 0.240 e. The number of anilines is 1. The molecule has 0 atom stereocenters. The highest BCUT2D eigenvalue weighted by molar-refractivity contribution is 5.93. The summed E-state index contributed by atoms with van der Waals surface area (Å²) in [6, 6.07) is 13.1. The van der Waals surface area contributed by atoms with Gasteiger partial charge in [-0.1, -0.05) is 29.8 Å². The topological polar surface area (TPSA) is 79.8 Å². The number of rotatable bonds is 7. The summed E-state index contributed by atoms with van der Waals surface area (Å²) in [4.78, 5) is 23.6. The fraction of sp³-hybridized carbons (Fsp3) is 0.250. The summed E-state index contributed by atoms with van der Waals surface area (Å²) in [5.41, 5.74) is 6.08. The van der Waals surface area contributed by atoms with Gasteiger partial charge in [-0.05, 0) is 43.2 Å². The predicted octanol–water partition coefficient (Wildman–Crippen LogP) is 3.18. The molecule has 0 saturated carbocycles. The number of hydrazone groups is 1. The van der Waals surface area contributed by atoms with Crippen LogP contribution in [0, 0.1) is 13.8 Å². The van der Waals surface area contributed by atoms with Gasteiger partial charge in [-0.3, -0.25) is 9.59 Å². The Morgan fingerprint density at radius 2 is 1.73 bits per heavy atom. The van der Waals surface area contributed by atoms with E-state index in [1.54, 1.807) is 7.11 Å². The van der Waals surface area contributed by atoms with Gasteiger partial charge in [0.15, 0.2) is 0 Å². The Kier molecular flexibility index (Phi) is 6.91. The summed E-state index contributed by atoms with van der Waals surface area (Å²) in [6.45, 7) is 3.92. The van der Waals surface area contributed by atoms with Crippen LogP contribution in [0.1, 0.15) is 29.5 Å². The molecule has 0 aliphatic heterocycles. The second-order valence-electron chi connectivity index (χ2n) is 5.94. The molecule has 2 amide bonds. The van der Waals surface area contributed by atoms with Crippen LogP contribution in [0.3, 0.4) is 0 Å². The third kappa shape index (κ3) is 6.05. The lowest BCUT2D eigenvalue weighted by molar-refractivity contribution is -0.124.